The summed E-state index contributed by atoms with van der Waals surface area (Å²) in [5.41, 5.74) is 4.87. The highest BCUT2D eigenvalue weighted by molar-refractivity contribution is 6.01. The molecule has 152 valence electrons. The van der Waals surface area contributed by atoms with E-state index in [9.17, 15) is 9.18 Å². The van der Waals surface area contributed by atoms with E-state index >= 15 is 0 Å². The van der Waals surface area contributed by atoms with Crippen LogP contribution in [0.4, 0.5) is 4.39 Å². The fourth-order valence-corrected chi connectivity index (χ4v) is 4.67. The predicted molar refractivity (Wildman–Crippen MR) is 115 cm³/mol. The highest BCUT2D eigenvalue weighted by Crippen LogP contribution is 2.33. The summed E-state index contributed by atoms with van der Waals surface area (Å²) in [6, 6.07) is 13.6. The number of aryl methyl sites for hydroxylation is 3. The molecule has 0 radical (unpaired) electrons. The van der Waals surface area contributed by atoms with Gasteiger partial charge in [0.2, 0.25) is 0 Å². The quantitative estimate of drug-likeness (QED) is 0.670. The number of rotatable bonds is 3. The fourth-order valence-electron chi connectivity index (χ4n) is 4.67. The number of fused-ring (bicyclic) bond motifs is 1. The Balaban J connectivity index is 1.69. The Bertz CT molecular complexity index is 1070. The zero-order valence-corrected chi connectivity index (χ0v) is 17.7. The van der Waals surface area contributed by atoms with Crippen molar-refractivity contribution in [3.05, 3.63) is 70.7 Å². The Labute approximate surface area is 171 Å². The second-order valence-corrected chi connectivity index (χ2v) is 8.45. The molecule has 2 aromatic carbocycles. The number of benzene rings is 2. The maximum absolute atomic E-state index is 13.8. The van der Waals surface area contributed by atoms with Crippen LogP contribution in [0, 0.1) is 19.7 Å². The Morgan fingerprint density at radius 3 is 2.41 bits per heavy atom. The normalized spacial score (nSPS) is 19.5. The average molecular weight is 394 g/mol. The maximum Gasteiger partial charge on any atom is 0.270 e. The molecule has 29 heavy (non-hydrogen) atoms. The van der Waals surface area contributed by atoms with Crippen molar-refractivity contribution < 1.29 is 9.18 Å². The topological polar surface area (TPSA) is 28.5 Å². The standard InChI is InChI=1S/C24H28FN3O/c1-15-6-8-17(9-7-15)20-13-28(14-22(20)26(3)4)24(29)23-16(2)19-12-18(25)10-11-21(19)27(23)5/h6-12,20,22H,13-14H2,1-5H3/t20?,22-/m1/s1. The molecule has 1 fully saturated rings. The molecule has 0 saturated carbocycles. The summed E-state index contributed by atoms with van der Waals surface area (Å²) in [6.07, 6.45) is 0. The summed E-state index contributed by atoms with van der Waals surface area (Å²) < 4.78 is 15.7. The molecular formula is C24H28FN3O. The van der Waals surface area contributed by atoms with Gasteiger partial charge in [0.15, 0.2) is 0 Å². The molecule has 5 heteroatoms. The molecule has 1 aliphatic rings. The Kier molecular flexibility index (Phi) is 4.95. The molecule has 3 aromatic rings. The first-order valence-corrected chi connectivity index (χ1v) is 10.0. The first kappa shape index (κ1) is 19.6. The number of likely N-dealkylation sites (N-methyl/N-ethyl adjacent to an activating group) is 1. The summed E-state index contributed by atoms with van der Waals surface area (Å²) in [5.74, 6) is 0.00327. The zero-order valence-electron chi connectivity index (χ0n) is 17.7. The van der Waals surface area contributed by atoms with E-state index in [1.807, 2.05) is 23.4 Å². The number of halogens is 1. The van der Waals surface area contributed by atoms with Gasteiger partial charge >= 0.3 is 0 Å². The smallest absolute Gasteiger partial charge is 0.270 e. The number of likely N-dealkylation sites (tertiary alicyclic amines) is 1. The molecule has 1 saturated heterocycles. The molecule has 4 rings (SSSR count). The van der Waals surface area contributed by atoms with E-state index in [0.29, 0.717) is 18.8 Å². The number of hydrogen-bond donors (Lipinski definition) is 0. The van der Waals surface area contributed by atoms with Crippen molar-refractivity contribution in [3.8, 4) is 0 Å². The van der Waals surface area contributed by atoms with Crippen LogP contribution in [0.15, 0.2) is 42.5 Å². The third-order valence-corrected chi connectivity index (χ3v) is 6.36. The van der Waals surface area contributed by atoms with Gasteiger partial charge in [0.1, 0.15) is 11.5 Å². The maximum atomic E-state index is 13.8. The molecule has 0 bridgehead atoms. The summed E-state index contributed by atoms with van der Waals surface area (Å²) in [7, 11) is 6.03. The van der Waals surface area contributed by atoms with Crippen LogP contribution in [0.3, 0.4) is 0 Å². The molecule has 1 aliphatic heterocycles. The molecule has 2 heterocycles. The van der Waals surface area contributed by atoms with Gasteiger partial charge in [-0.3, -0.25) is 4.79 Å². The highest BCUT2D eigenvalue weighted by atomic mass is 19.1. The number of nitrogens with zero attached hydrogens (tertiary/aromatic N) is 3. The van der Waals surface area contributed by atoms with Gasteiger partial charge in [0.25, 0.3) is 5.91 Å². The van der Waals surface area contributed by atoms with Crippen LogP contribution in [0.5, 0.6) is 0 Å². The molecule has 0 aliphatic carbocycles. The van der Waals surface area contributed by atoms with Crippen molar-refractivity contribution in [1.29, 1.82) is 0 Å². The fraction of sp³-hybridized carbons (Fsp3) is 0.375. The van der Waals surface area contributed by atoms with Gasteiger partial charge < -0.3 is 14.4 Å². The highest BCUT2D eigenvalue weighted by Gasteiger charge is 2.38. The number of amides is 1. The van der Waals surface area contributed by atoms with Crippen molar-refractivity contribution in [2.75, 3.05) is 27.2 Å². The minimum atomic E-state index is -0.279. The Morgan fingerprint density at radius 2 is 1.76 bits per heavy atom. The van der Waals surface area contributed by atoms with Crippen molar-refractivity contribution in [1.82, 2.24) is 14.4 Å². The van der Waals surface area contributed by atoms with Crippen molar-refractivity contribution in [3.63, 3.8) is 0 Å². The first-order chi connectivity index (χ1) is 13.8. The van der Waals surface area contributed by atoms with Gasteiger partial charge in [-0.2, -0.15) is 0 Å². The zero-order chi connectivity index (χ0) is 20.9. The summed E-state index contributed by atoms with van der Waals surface area (Å²) in [5, 5.41) is 0.800. The first-order valence-electron chi connectivity index (χ1n) is 10.0. The Morgan fingerprint density at radius 1 is 1.07 bits per heavy atom. The lowest BCUT2D eigenvalue weighted by molar-refractivity contribution is 0.0772. The lowest BCUT2D eigenvalue weighted by Gasteiger charge is -2.25. The molecule has 0 N–H and O–H groups in total. The van der Waals surface area contributed by atoms with Gasteiger partial charge in [-0.1, -0.05) is 29.8 Å². The van der Waals surface area contributed by atoms with Crippen LogP contribution in [0.1, 0.15) is 33.1 Å². The molecule has 0 spiro atoms. The third-order valence-electron chi connectivity index (χ3n) is 6.36. The molecule has 1 amide bonds. The van der Waals surface area contributed by atoms with E-state index in [4.69, 9.17) is 0 Å². The largest absolute Gasteiger partial charge is 0.339 e. The molecule has 2 atom stereocenters. The minimum Gasteiger partial charge on any atom is -0.339 e. The number of carbonyl (C=O) groups excluding carboxylic acids is 1. The van der Waals surface area contributed by atoms with Crippen LogP contribution >= 0.6 is 0 Å². The van der Waals surface area contributed by atoms with Crippen LogP contribution in [0.25, 0.3) is 10.9 Å². The van der Waals surface area contributed by atoms with Crippen molar-refractivity contribution in [2.24, 2.45) is 7.05 Å². The number of carbonyl (C=O) groups is 1. The molecule has 1 unspecified atom stereocenters. The minimum absolute atomic E-state index is 0.0167. The van der Waals surface area contributed by atoms with Gasteiger partial charge in [0.05, 0.1) is 0 Å². The monoisotopic (exact) mass is 393 g/mol. The second-order valence-electron chi connectivity index (χ2n) is 8.45. The van der Waals surface area contributed by atoms with Crippen LogP contribution in [0.2, 0.25) is 0 Å². The Hall–Kier alpha value is -2.66. The second kappa shape index (κ2) is 7.30. The van der Waals surface area contributed by atoms with E-state index in [-0.39, 0.29) is 23.7 Å². The van der Waals surface area contributed by atoms with Crippen molar-refractivity contribution >= 4 is 16.8 Å². The van der Waals surface area contributed by atoms with E-state index in [0.717, 1.165) is 16.5 Å². The third kappa shape index (κ3) is 3.33. The van der Waals surface area contributed by atoms with Crippen molar-refractivity contribution in [2.45, 2.75) is 25.8 Å². The van der Waals surface area contributed by atoms with E-state index in [2.05, 4.69) is 50.2 Å². The summed E-state index contributed by atoms with van der Waals surface area (Å²) in [6.45, 7) is 5.36. The number of aromatic nitrogens is 1. The number of hydrogen-bond acceptors (Lipinski definition) is 2. The van der Waals surface area contributed by atoms with Gasteiger partial charge in [0, 0.05) is 43.0 Å². The lowest BCUT2D eigenvalue weighted by Crippen LogP contribution is -2.36. The summed E-state index contributed by atoms with van der Waals surface area (Å²) in [4.78, 5) is 17.7. The van der Waals surface area contributed by atoms with Gasteiger partial charge in [-0.25, -0.2) is 4.39 Å². The van der Waals surface area contributed by atoms with Crippen LogP contribution < -0.4 is 0 Å². The van der Waals surface area contributed by atoms with E-state index in [1.165, 1.54) is 23.3 Å². The average Bonchev–Trinajstić information content (AvgIpc) is 3.23. The lowest BCUT2D eigenvalue weighted by atomic mass is 9.93. The molecule has 1 aromatic heterocycles. The van der Waals surface area contributed by atoms with E-state index in [1.54, 1.807) is 6.07 Å². The SMILES string of the molecule is Cc1ccc(C2CN(C(=O)c3c(C)c4cc(F)ccc4n3C)C[C@H]2N(C)C)cc1. The van der Waals surface area contributed by atoms with E-state index < -0.39 is 0 Å². The molecular weight excluding hydrogens is 365 g/mol. The molecule has 4 nitrogen and oxygen atoms in total. The van der Waals surface area contributed by atoms with Gasteiger partial charge in [-0.15, -0.1) is 0 Å². The van der Waals surface area contributed by atoms with Crippen LogP contribution in [-0.2, 0) is 7.05 Å². The van der Waals surface area contributed by atoms with Crippen LogP contribution in [-0.4, -0.2) is 53.5 Å². The predicted octanol–water partition coefficient (Wildman–Crippen LogP) is 4.10. The van der Waals surface area contributed by atoms with Gasteiger partial charge in [-0.05, 0) is 57.3 Å². The summed E-state index contributed by atoms with van der Waals surface area (Å²) >= 11 is 0.